The summed E-state index contributed by atoms with van der Waals surface area (Å²) in [5, 5.41) is 0.842. The molecule has 0 spiro atoms. The Morgan fingerprint density at radius 2 is 1.90 bits per heavy atom. The Morgan fingerprint density at radius 1 is 1.10 bits per heavy atom. The molecular weight excluding hydrogens is 270 g/mol. The first-order valence-electron chi connectivity index (χ1n) is 6.10. The third-order valence-electron chi connectivity index (χ3n) is 2.85. The molecule has 2 aromatic heterocycles. The van der Waals surface area contributed by atoms with Crippen LogP contribution in [0.3, 0.4) is 0 Å². The van der Waals surface area contributed by atoms with Gasteiger partial charge in [0.25, 0.3) is 0 Å². The number of pyridine rings is 1. The van der Waals surface area contributed by atoms with Crippen LogP contribution in [-0.2, 0) is 0 Å². The van der Waals surface area contributed by atoms with E-state index in [0.717, 1.165) is 26.8 Å². The van der Waals surface area contributed by atoms with Crippen LogP contribution < -0.4 is 10.5 Å². The lowest BCUT2D eigenvalue weighted by atomic mass is 10.2. The van der Waals surface area contributed by atoms with Gasteiger partial charge in [-0.05, 0) is 29.8 Å². The number of nitrogens with two attached hydrogens (primary N) is 1. The van der Waals surface area contributed by atoms with Crippen LogP contribution in [0.4, 0.5) is 5.69 Å². The predicted octanol–water partition coefficient (Wildman–Crippen LogP) is 3.46. The van der Waals surface area contributed by atoms with Crippen molar-refractivity contribution < 1.29 is 4.74 Å². The Kier molecular flexibility index (Phi) is 3.35. The first-order chi connectivity index (χ1) is 9.78. The molecule has 0 atom stereocenters. The van der Waals surface area contributed by atoms with E-state index in [2.05, 4.69) is 9.97 Å². The molecule has 0 saturated heterocycles. The first-order valence-corrected chi connectivity index (χ1v) is 6.91. The molecule has 0 bridgehead atoms. The number of ether oxygens (including phenoxy) is 1. The van der Waals surface area contributed by atoms with Gasteiger partial charge < -0.3 is 10.5 Å². The Bertz CT molecular complexity index is 708. The van der Waals surface area contributed by atoms with Gasteiger partial charge in [0.15, 0.2) is 0 Å². The molecule has 2 heterocycles. The predicted molar refractivity (Wildman–Crippen MR) is 81.7 cm³/mol. The van der Waals surface area contributed by atoms with E-state index in [1.54, 1.807) is 24.6 Å². The van der Waals surface area contributed by atoms with Crippen molar-refractivity contribution in [2.45, 2.75) is 0 Å². The molecule has 5 heteroatoms. The zero-order valence-electron chi connectivity index (χ0n) is 10.9. The molecule has 2 N–H and O–H groups in total. The van der Waals surface area contributed by atoms with E-state index in [1.807, 2.05) is 42.5 Å². The summed E-state index contributed by atoms with van der Waals surface area (Å²) in [5.74, 6) is 0.612. The number of rotatable bonds is 3. The molecular formula is C15H13N3OS. The van der Waals surface area contributed by atoms with Gasteiger partial charge in [-0.15, -0.1) is 11.3 Å². The van der Waals surface area contributed by atoms with Crippen molar-refractivity contribution in [3.8, 4) is 27.0 Å². The number of nitrogens with zero attached hydrogens (tertiary/aromatic N) is 2. The summed E-state index contributed by atoms with van der Waals surface area (Å²) < 4.78 is 5.37. The summed E-state index contributed by atoms with van der Waals surface area (Å²) in [6.45, 7) is 0. The molecule has 0 unspecified atom stereocenters. The molecule has 0 aliphatic rings. The summed E-state index contributed by atoms with van der Waals surface area (Å²) in [4.78, 5) is 9.80. The number of thiazole rings is 1. The Hall–Kier alpha value is -2.40. The minimum atomic E-state index is 0.612. The maximum atomic E-state index is 5.72. The number of aromatic nitrogens is 2. The normalized spacial score (nSPS) is 10.4. The molecule has 4 nitrogen and oxygen atoms in total. The minimum absolute atomic E-state index is 0.612. The highest BCUT2D eigenvalue weighted by molar-refractivity contribution is 7.18. The van der Waals surface area contributed by atoms with Crippen LogP contribution in [0.2, 0.25) is 0 Å². The molecule has 0 fully saturated rings. The van der Waals surface area contributed by atoms with Gasteiger partial charge in [-0.25, -0.2) is 0 Å². The molecule has 0 aliphatic heterocycles. The lowest BCUT2D eigenvalue weighted by Crippen LogP contribution is -1.87. The van der Waals surface area contributed by atoms with E-state index in [9.17, 15) is 0 Å². The van der Waals surface area contributed by atoms with Crippen LogP contribution >= 0.6 is 11.3 Å². The van der Waals surface area contributed by atoms with Crippen LogP contribution in [-0.4, -0.2) is 17.1 Å². The Morgan fingerprint density at radius 3 is 2.55 bits per heavy atom. The second-order valence-corrected chi connectivity index (χ2v) is 5.19. The molecule has 1 aromatic carbocycles. The van der Waals surface area contributed by atoms with E-state index in [0.29, 0.717) is 5.88 Å². The van der Waals surface area contributed by atoms with Crippen molar-refractivity contribution in [2.75, 3.05) is 12.8 Å². The topological polar surface area (TPSA) is 61.0 Å². The van der Waals surface area contributed by atoms with Gasteiger partial charge in [-0.1, -0.05) is 18.2 Å². The number of nitrogen functional groups attached to an aromatic ring is 1. The van der Waals surface area contributed by atoms with E-state index >= 15 is 0 Å². The fourth-order valence-electron chi connectivity index (χ4n) is 1.86. The van der Waals surface area contributed by atoms with Gasteiger partial charge in [0.1, 0.15) is 5.01 Å². The summed E-state index contributed by atoms with van der Waals surface area (Å²) >= 11 is 1.56. The lowest BCUT2D eigenvalue weighted by molar-refractivity contribution is 0.402. The molecule has 3 rings (SSSR count). The van der Waals surface area contributed by atoms with Gasteiger partial charge in [-0.3, -0.25) is 4.98 Å². The SMILES string of the molecule is COc1nc(-c2ccccn2)sc1-c1ccc(N)cc1. The fourth-order valence-corrected chi connectivity index (χ4v) is 2.88. The molecule has 3 aromatic rings. The minimum Gasteiger partial charge on any atom is -0.480 e. The molecule has 0 radical (unpaired) electrons. The zero-order chi connectivity index (χ0) is 13.9. The third-order valence-corrected chi connectivity index (χ3v) is 3.95. The van der Waals surface area contributed by atoms with Crippen molar-refractivity contribution in [2.24, 2.45) is 0 Å². The maximum Gasteiger partial charge on any atom is 0.232 e. The number of hydrogen-bond acceptors (Lipinski definition) is 5. The highest BCUT2D eigenvalue weighted by atomic mass is 32.1. The quantitative estimate of drug-likeness (QED) is 0.748. The average Bonchev–Trinajstić information content (AvgIpc) is 2.93. The van der Waals surface area contributed by atoms with E-state index in [1.165, 1.54) is 0 Å². The highest BCUT2D eigenvalue weighted by Crippen LogP contribution is 2.39. The van der Waals surface area contributed by atoms with Crippen molar-refractivity contribution in [1.29, 1.82) is 0 Å². The standard InChI is InChI=1S/C15H13N3OS/c1-19-14-13(10-5-7-11(16)8-6-10)20-15(18-14)12-4-2-3-9-17-12/h2-9H,16H2,1H3. The van der Waals surface area contributed by atoms with E-state index < -0.39 is 0 Å². The van der Waals surface area contributed by atoms with Gasteiger partial charge in [0.05, 0.1) is 17.7 Å². The van der Waals surface area contributed by atoms with Crippen molar-refractivity contribution >= 4 is 17.0 Å². The van der Waals surface area contributed by atoms with Crippen LogP contribution in [0.25, 0.3) is 21.1 Å². The lowest BCUT2D eigenvalue weighted by Gasteiger charge is -2.00. The number of methoxy groups -OCH3 is 1. The Balaban J connectivity index is 2.07. The summed E-state index contributed by atoms with van der Waals surface area (Å²) in [7, 11) is 1.62. The first kappa shape index (κ1) is 12.6. The van der Waals surface area contributed by atoms with E-state index in [-0.39, 0.29) is 0 Å². The average molecular weight is 283 g/mol. The largest absolute Gasteiger partial charge is 0.480 e. The van der Waals surface area contributed by atoms with Crippen molar-refractivity contribution in [3.05, 3.63) is 48.7 Å². The molecule has 100 valence electrons. The van der Waals surface area contributed by atoms with Crippen LogP contribution in [0, 0.1) is 0 Å². The number of benzene rings is 1. The monoisotopic (exact) mass is 283 g/mol. The highest BCUT2D eigenvalue weighted by Gasteiger charge is 2.15. The van der Waals surface area contributed by atoms with Gasteiger partial charge in [-0.2, -0.15) is 4.98 Å². The van der Waals surface area contributed by atoms with Crippen LogP contribution in [0.15, 0.2) is 48.7 Å². The third kappa shape index (κ3) is 2.35. The number of anilines is 1. The van der Waals surface area contributed by atoms with Gasteiger partial charge in [0, 0.05) is 11.9 Å². The second-order valence-electron chi connectivity index (χ2n) is 4.19. The molecule has 0 amide bonds. The van der Waals surface area contributed by atoms with Crippen molar-refractivity contribution in [3.63, 3.8) is 0 Å². The molecule has 0 aliphatic carbocycles. The van der Waals surface area contributed by atoms with Gasteiger partial charge >= 0.3 is 0 Å². The summed E-state index contributed by atoms with van der Waals surface area (Å²) in [5.41, 5.74) is 8.34. The van der Waals surface area contributed by atoms with Gasteiger partial charge in [0.2, 0.25) is 5.88 Å². The molecule has 0 saturated carbocycles. The Labute approximate surface area is 120 Å². The summed E-state index contributed by atoms with van der Waals surface area (Å²) in [6.07, 6.45) is 1.76. The van der Waals surface area contributed by atoms with Crippen molar-refractivity contribution in [1.82, 2.24) is 9.97 Å². The maximum absolute atomic E-state index is 5.72. The zero-order valence-corrected chi connectivity index (χ0v) is 11.7. The smallest absolute Gasteiger partial charge is 0.232 e. The fraction of sp³-hybridized carbons (Fsp3) is 0.0667. The van der Waals surface area contributed by atoms with Crippen LogP contribution in [0.1, 0.15) is 0 Å². The van der Waals surface area contributed by atoms with Crippen LogP contribution in [0.5, 0.6) is 5.88 Å². The second kappa shape index (κ2) is 5.30. The molecule has 20 heavy (non-hydrogen) atoms. The van der Waals surface area contributed by atoms with E-state index in [4.69, 9.17) is 10.5 Å². The number of hydrogen-bond donors (Lipinski definition) is 1. The summed E-state index contributed by atoms with van der Waals surface area (Å²) in [6, 6.07) is 13.4.